The summed E-state index contributed by atoms with van der Waals surface area (Å²) in [5.74, 6) is 0.249. The maximum atomic E-state index is 12.6. The molecular formula is C17H14F3N5O4S. The number of benzene rings is 2. The fourth-order valence-corrected chi connectivity index (χ4v) is 3.27. The Labute approximate surface area is 168 Å². The average molecular weight is 441 g/mol. The lowest BCUT2D eigenvalue weighted by Gasteiger charge is -2.12. The molecule has 2 aromatic carbocycles. The van der Waals surface area contributed by atoms with Gasteiger partial charge in [0.25, 0.3) is 15.7 Å². The molecule has 1 aromatic heterocycles. The molecule has 9 nitrogen and oxygen atoms in total. The van der Waals surface area contributed by atoms with Crippen molar-refractivity contribution in [1.29, 1.82) is 0 Å². The van der Waals surface area contributed by atoms with E-state index in [2.05, 4.69) is 20.8 Å². The highest BCUT2D eigenvalue weighted by molar-refractivity contribution is 7.92. The Morgan fingerprint density at radius 1 is 1.13 bits per heavy atom. The first kappa shape index (κ1) is 21.2. The summed E-state index contributed by atoms with van der Waals surface area (Å²) in [6.45, 7) is 1.67. The van der Waals surface area contributed by atoms with E-state index in [1.54, 1.807) is 25.1 Å². The van der Waals surface area contributed by atoms with Crippen LogP contribution in [0.5, 0.6) is 5.75 Å². The Morgan fingerprint density at radius 2 is 1.80 bits per heavy atom. The van der Waals surface area contributed by atoms with Crippen LogP contribution in [0.2, 0.25) is 0 Å². The van der Waals surface area contributed by atoms with E-state index in [0.717, 1.165) is 24.3 Å². The maximum absolute atomic E-state index is 12.6. The molecule has 158 valence electrons. The molecule has 0 fully saturated rings. The van der Waals surface area contributed by atoms with E-state index in [1.165, 1.54) is 11.8 Å². The van der Waals surface area contributed by atoms with Gasteiger partial charge in [0, 0.05) is 11.3 Å². The second-order valence-corrected chi connectivity index (χ2v) is 7.89. The van der Waals surface area contributed by atoms with Gasteiger partial charge < -0.3 is 10.1 Å². The fraction of sp³-hybridized carbons (Fsp3) is 0.176. The molecule has 3 rings (SSSR count). The summed E-state index contributed by atoms with van der Waals surface area (Å²) in [5, 5.41) is 13.7. The van der Waals surface area contributed by atoms with Crippen molar-refractivity contribution in [2.24, 2.45) is 0 Å². The summed E-state index contributed by atoms with van der Waals surface area (Å²) in [6, 6.07) is 8.09. The first-order valence-corrected chi connectivity index (χ1v) is 9.69. The number of sulfone groups is 1. The fourth-order valence-electron chi connectivity index (χ4n) is 2.51. The normalized spacial score (nSPS) is 11.9. The number of carbonyl (C=O) groups is 1. The number of tetrazole rings is 1. The number of anilines is 1. The van der Waals surface area contributed by atoms with Crippen molar-refractivity contribution in [2.45, 2.75) is 17.3 Å². The molecule has 0 radical (unpaired) electrons. The number of aryl methyl sites for hydroxylation is 1. The topological polar surface area (TPSA) is 116 Å². The lowest BCUT2D eigenvalue weighted by Crippen LogP contribution is -2.23. The zero-order valence-electron chi connectivity index (χ0n) is 15.5. The quantitative estimate of drug-likeness (QED) is 0.647. The number of methoxy groups -OCH3 is 1. The molecule has 3 aromatic rings. The van der Waals surface area contributed by atoms with Gasteiger partial charge >= 0.3 is 5.51 Å². The summed E-state index contributed by atoms with van der Waals surface area (Å²) >= 11 is 0. The molecule has 1 amide bonds. The Hall–Kier alpha value is -3.48. The van der Waals surface area contributed by atoms with E-state index in [-0.39, 0.29) is 5.56 Å². The molecular weight excluding hydrogens is 427 g/mol. The minimum absolute atomic E-state index is 0.0351. The van der Waals surface area contributed by atoms with E-state index in [1.807, 2.05) is 0 Å². The molecule has 0 aliphatic heterocycles. The lowest BCUT2D eigenvalue weighted by atomic mass is 10.2. The van der Waals surface area contributed by atoms with Gasteiger partial charge in [0.15, 0.2) is 5.82 Å². The minimum Gasteiger partial charge on any atom is -0.494 e. The van der Waals surface area contributed by atoms with Gasteiger partial charge in [0.2, 0.25) is 0 Å². The van der Waals surface area contributed by atoms with Gasteiger partial charge in [-0.05, 0) is 59.8 Å². The number of amides is 1. The van der Waals surface area contributed by atoms with Crippen molar-refractivity contribution in [3.63, 3.8) is 0 Å². The van der Waals surface area contributed by atoms with Crippen molar-refractivity contribution in [2.75, 3.05) is 12.4 Å². The van der Waals surface area contributed by atoms with E-state index < -0.39 is 26.1 Å². The highest BCUT2D eigenvalue weighted by atomic mass is 32.2. The van der Waals surface area contributed by atoms with Crippen molar-refractivity contribution >= 4 is 21.4 Å². The number of alkyl halides is 3. The predicted molar refractivity (Wildman–Crippen MR) is 98.1 cm³/mol. The van der Waals surface area contributed by atoms with Crippen molar-refractivity contribution in [3.05, 3.63) is 53.9 Å². The van der Waals surface area contributed by atoms with Crippen LogP contribution in [0.3, 0.4) is 0 Å². The zero-order valence-corrected chi connectivity index (χ0v) is 16.3. The van der Waals surface area contributed by atoms with E-state index >= 15 is 0 Å². The molecule has 0 bridgehead atoms. The van der Waals surface area contributed by atoms with Gasteiger partial charge in [0.1, 0.15) is 11.4 Å². The molecule has 0 aliphatic carbocycles. The van der Waals surface area contributed by atoms with Crippen LogP contribution >= 0.6 is 0 Å². The average Bonchev–Trinajstić information content (AvgIpc) is 3.13. The number of rotatable bonds is 5. The van der Waals surface area contributed by atoms with Gasteiger partial charge in [-0.2, -0.15) is 17.9 Å². The van der Waals surface area contributed by atoms with Crippen LogP contribution < -0.4 is 10.1 Å². The Morgan fingerprint density at radius 3 is 2.33 bits per heavy atom. The van der Waals surface area contributed by atoms with Gasteiger partial charge in [-0.25, -0.2) is 8.42 Å². The molecule has 0 aliphatic rings. The van der Waals surface area contributed by atoms with Crippen LogP contribution in [-0.2, 0) is 9.84 Å². The van der Waals surface area contributed by atoms with Crippen LogP contribution in [0.15, 0.2) is 47.4 Å². The third-order valence-electron chi connectivity index (χ3n) is 4.02. The van der Waals surface area contributed by atoms with Crippen LogP contribution in [0, 0.1) is 6.92 Å². The summed E-state index contributed by atoms with van der Waals surface area (Å²) in [5.41, 5.74) is -4.68. The first-order valence-electron chi connectivity index (χ1n) is 8.21. The van der Waals surface area contributed by atoms with Gasteiger partial charge in [-0.15, -0.1) is 5.10 Å². The molecule has 1 heterocycles. The summed E-state index contributed by atoms with van der Waals surface area (Å²) < 4.78 is 67.3. The molecule has 30 heavy (non-hydrogen) atoms. The molecule has 0 saturated heterocycles. The number of nitrogens with zero attached hydrogens (tertiary/aromatic N) is 4. The van der Waals surface area contributed by atoms with Crippen molar-refractivity contribution in [3.8, 4) is 11.4 Å². The third-order valence-corrected chi connectivity index (χ3v) is 5.52. The molecule has 0 saturated carbocycles. The first-order chi connectivity index (χ1) is 14.0. The third kappa shape index (κ3) is 3.96. The zero-order chi connectivity index (χ0) is 22.1. The number of carbonyl (C=O) groups excluding carboxylic acids is 1. The number of aromatic nitrogens is 4. The van der Waals surface area contributed by atoms with Crippen LogP contribution in [0.1, 0.15) is 16.2 Å². The van der Waals surface area contributed by atoms with E-state index in [9.17, 15) is 26.4 Å². The van der Waals surface area contributed by atoms with E-state index in [4.69, 9.17) is 4.74 Å². The highest BCUT2D eigenvalue weighted by Crippen LogP contribution is 2.30. The summed E-state index contributed by atoms with van der Waals surface area (Å²) in [4.78, 5) is 11.5. The molecule has 1 N–H and O–H groups in total. The highest BCUT2D eigenvalue weighted by Gasteiger charge is 2.46. The number of ether oxygens (including phenoxy) is 1. The monoisotopic (exact) mass is 441 g/mol. The van der Waals surface area contributed by atoms with Gasteiger partial charge in [-0.3, -0.25) is 4.79 Å². The number of hydrogen-bond acceptors (Lipinski definition) is 7. The smallest absolute Gasteiger partial charge is 0.494 e. The molecule has 13 heteroatoms. The molecule has 0 atom stereocenters. The van der Waals surface area contributed by atoms with Crippen molar-refractivity contribution < 1.29 is 31.1 Å². The van der Waals surface area contributed by atoms with Crippen LogP contribution in [0.25, 0.3) is 5.69 Å². The van der Waals surface area contributed by atoms with Gasteiger partial charge in [0.05, 0.1) is 12.0 Å². The maximum Gasteiger partial charge on any atom is 0.501 e. The summed E-state index contributed by atoms with van der Waals surface area (Å²) in [7, 11) is -4.04. The molecule has 0 unspecified atom stereocenters. The largest absolute Gasteiger partial charge is 0.501 e. The Bertz CT molecular complexity index is 1190. The van der Waals surface area contributed by atoms with Gasteiger partial charge in [-0.1, -0.05) is 0 Å². The standard InChI is InChI=1S/C17H14F3N5O4S/c1-10-22-23-24-25(10)14-9-12(5-8-15(14)29-2)21-16(26)11-3-6-13(7-4-11)30(27,28)17(18,19)20/h3-9H,1-2H3,(H,21,26). The van der Waals surface area contributed by atoms with E-state index in [0.29, 0.717) is 22.9 Å². The number of nitrogens with one attached hydrogen (secondary N) is 1. The molecule has 0 spiro atoms. The lowest BCUT2D eigenvalue weighted by molar-refractivity contribution is -0.0436. The predicted octanol–water partition coefficient (Wildman–Crippen LogP) is 2.53. The Balaban J connectivity index is 1.86. The van der Waals surface area contributed by atoms with Crippen LogP contribution in [0.4, 0.5) is 18.9 Å². The second kappa shape index (κ2) is 7.74. The summed E-state index contributed by atoms with van der Waals surface area (Å²) in [6.07, 6.45) is 0. The van der Waals surface area contributed by atoms with Crippen molar-refractivity contribution in [1.82, 2.24) is 20.2 Å². The number of halogens is 3. The minimum atomic E-state index is -5.49. The Kier molecular flexibility index (Phi) is 5.48. The SMILES string of the molecule is COc1ccc(NC(=O)c2ccc(S(=O)(=O)C(F)(F)F)cc2)cc1-n1nnnc1C. The van der Waals surface area contributed by atoms with Crippen LogP contribution in [-0.4, -0.2) is 47.2 Å². The second-order valence-electron chi connectivity index (χ2n) is 5.95. The number of hydrogen-bond donors (Lipinski definition) is 1.